The van der Waals surface area contributed by atoms with Crippen LogP contribution in [0.3, 0.4) is 0 Å². The van der Waals surface area contributed by atoms with E-state index in [0.717, 1.165) is 0 Å². The minimum atomic E-state index is -1.02. The van der Waals surface area contributed by atoms with E-state index in [1.165, 1.54) is 6.92 Å². The molecular weight excluding hydrogens is 126 g/mol. The first-order chi connectivity index (χ1) is 4.18. The Morgan fingerprint density at radius 2 is 2.00 bits per heavy atom. The molecule has 5 heteroatoms. The van der Waals surface area contributed by atoms with Crippen LogP contribution in [0, 0.1) is 6.92 Å². The van der Waals surface area contributed by atoms with Crippen molar-refractivity contribution in [2.75, 3.05) is 0 Å². The molecule has 0 amide bonds. The molecule has 0 radical (unpaired) electrons. The lowest BCUT2D eigenvalue weighted by Crippen LogP contribution is -2.14. The Kier molecular flexibility index (Phi) is 1.18. The molecule has 0 saturated heterocycles. The summed E-state index contributed by atoms with van der Waals surface area (Å²) in [7, 11) is 0. The second kappa shape index (κ2) is 1.85. The fourth-order valence-corrected chi connectivity index (χ4v) is 0.387. The summed E-state index contributed by atoms with van der Waals surface area (Å²) < 4.78 is 8.09. The molecule has 0 aromatic carbocycles. The molecule has 0 aliphatic carbocycles. The number of rotatable bonds is 0. The minimum absolute atomic E-state index is 0.0104. The molecule has 1 aromatic rings. The summed E-state index contributed by atoms with van der Waals surface area (Å²) >= 11 is 0. The van der Waals surface area contributed by atoms with E-state index in [-0.39, 0.29) is 5.89 Å². The van der Waals surface area contributed by atoms with Gasteiger partial charge in [0, 0.05) is 6.92 Å². The molecule has 0 N–H and O–H groups in total. The van der Waals surface area contributed by atoms with Gasteiger partial charge in [0.2, 0.25) is 5.89 Å². The summed E-state index contributed by atoms with van der Waals surface area (Å²) in [6, 6.07) is 0. The largest absolute Gasteiger partial charge is 0.524 e. The lowest BCUT2D eigenvalue weighted by molar-refractivity contribution is 0.263. The normalized spacial score (nSPS) is 9.44. The summed E-state index contributed by atoms with van der Waals surface area (Å²) in [6.45, 7) is 1.39. The van der Waals surface area contributed by atoms with Crippen molar-refractivity contribution in [3.63, 3.8) is 0 Å². The van der Waals surface area contributed by atoms with E-state index in [9.17, 15) is 9.59 Å². The first-order valence-corrected chi connectivity index (χ1v) is 2.17. The highest BCUT2D eigenvalue weighted by Crippen LogP contribution is 1.75. The van der Waals surface area contributed by atoms with Gasteiger partial charge < -0.3 is 8.83 Å². The molecule has 1 aromatic heterocycles. The summed E-state index contributed by atoms with van der Waals surface area (Å²) in [4.78, 5) is 23.5. The highest BCUT2D eigenvalue weighted by molar-refractivity contribution is 4.64. The fourth-order valence-electron chi connectivity index (χ4n) is 0.387. The Labute approximate surface area is 48.9 Å². The van der Waals surface area contributed by atoms with Crippen LogP contribution >= 0.6 is 0 Å². The Morgan fingerprint density at radius 3 is 2.44 bits per heavy atom. The van der Waals surface area contributed by atoms with Gasteiger partial charge in [-0.15, -0.1) is 4.98 Å². The van der Waals surface area contributed by atoms with Gasteiger partial charge in [-0.25, -0.2) is 9.59 Å². The zero-order valence-electron chi connectivity index (χ0n) is 4.58. The van der Waals surface area contributed by atoms with Crippen molar-refractivity contribution in [2.24, 2.45) is 0 Å². The van der Waals surface area contributed by atoms with Crippen molar-refractivity contribution >= 4 is 0 Å². The summed E-state index contributed by atoms with van der Waals surface area (Å²) in [5, 5.41) is 0. The molecule has 0 spiro atoms. The maximum absolute atomic E-state index is 10.2. The van der Waals surface area contributed by atoms with Gasteiger partial charge in [0.25, 0.3) is 0 Å². The first kappa shape index (κ1) is 5.74. The third-order valence-electron chi connectivity index (χ3n) is 0.650. The molecule has 0 unspecified atom stereocenters. The zero-order chi connectivity index (χ0) is 6.85. The molecule has 0 bridgehead atoms. The van der Waals surface area contributed by atoms with Crippen molar-refractivity contribution in [3.8, 4) is 0 Å². The Hall–Kier alpha value is -1.39. The highest BCUT2D eigenvalue weighted by atomic mass is 16.6. The third-order valence-corrected chi connectivity index (χ3v) is 0.650. The van der Waals surface area contributed by atoms with Gasteiger partial charge in [0.05, 0.1) is 0 Å². The molecule has 5 nitrogen and oxygen atoms in total. The second-order valence-electron chi connectivity index (χ2n) is 1.35. The molecule has 0 aliphatic rings. The van der Waals surface area contributed by atoms with Crippen molar-refractivity contribution in [2.45, 2.75) is 6.92 Å². The highest BCUT2D eigenvalue weighted by Gasteiger charge is 1.93. The molecule has 9 heavy (non-hydrogen) atoms. The molecule has 0 aliphatic heterocycles. The van der Waals surface area contributed by atoms with Gasteiger partial charge >= 0.3 is 11.6 Å². The molecule has 0 saturated carbocycles. The number of aromatic nitrogens is 1. The molecule has 0 fully saturated rings. The van der Waals surface area contributed by atoms with Gasteiger partial charge in [-0.1, -0.05) is 0 Å². The van der Waals surface area contributed by atoms with Crippen LogP contribution in [0.1, 0.15) is 5.89 Å². The van der Waals surface area contributed by atoms with Crippen molar-refractivity contribution in [1.82, 2.24) is 4.98 Å². The van der Waals surface area contributed by atoms with Gasteiger partial charge in [0.15, 0.2) is 0 Å². The number of aryl methyl sites for hydroxylation is 1. The molecular formula is C4H3NO4. The Bertz CT molecular complexity index is 281. The van der Waals surface area contributed by atoms with Gasteiger partial charge in [-0.05, 0) is 0 Å². The van der Waals surface area contributed by atoms with Crippen LogP contribution in [-0.2, 0) is 0 Å². The zero-order valence-corrected chi connectivity index (χ0v) is 4.58. The average molecular weight is 129 g/mol. The van der Waals surface area contributed by atoms with E-state index in [2.05, 4.69) is 13.8 Å². The van der Waals surface area contributed by atoms with Crippen LogP contribution in [0.5, 0.6) is 0 Å². The van der Waals surface area contributed by atoms with Gasteiger partial charge in [0.1, 0.15) is 0 Å². The molecule has 0 atom stereocenters. The Balaban J connectivity index is 3.52. The van der Waals surface area contributed by atoms with E-state index in [0.29, 0.717) is 0 Å². The maximum Gasteiger partial charge on any atom is 0.524 e. The maximum atomic E-state index is 10.2. The van der Waals surface area contributed by atoms with Crippen molar-refractivity contribution in [3.05, 3.63) is 27.1 Å². The standard InChI is InChI=1S/C4H3NO4/c1-2-5-3(6)9-4(7)8-2/h1H3. The van der Waals surface area contributed by atoms with Crippen LogP contribution in [0.4, 0.5) is 0 Å². The minimum Gasteiger partial charge on any atom is -0.380 e. The lowest BCUT2D eigenvalue weighted by Gasteiger charge is -1.81. The molecule has 1 heterocycles. The van der Waals surface area contributed by atoms with Crippen LogP contribution in [-0.4, -0.2) is 4.98 Å². The van der Waals surface area contributed by atoms with Gasteiger partial charge in [-0.2, -0.15) is 0 Å². The van der Waals surface area contributed by atoms with E-state index in [1.54, 1.807) is 0 Å². The van der Waals surface area contributed by atoms with E-state index in [4.69, 9.17) is 0 Å². The summed E-state index contributed by atoms with van der Waals surface area (Å²) in [6.07, 6.45) is 0. The smallest absolute Gasteiger partial charge is 0.380 e. The lowest BCUT2D eigenvalue weighted by atomic mass is 10.8. The van der Waals surface area contributed by atoms with Crippen LogP contribution in [0.25, 0.3) is 0 Å². The monoisotopic (exact) mass is 129 g/mol. The Morgan fingerprint density at radius 1 is 1.33 bits per heavy atom. The molecule has 48 valence electrons. The number of nitrogens with zero attached hydrogens (tertiary/aromatic N) is 1. The third kappa shape index (κ3) is 1.25. The predicted octanol–water partition coefficient (Wildman–Crippen LogP) is -0.704. The van der Waals surface area contributed by atoms with Crippen molar-refractivity contribution in [1.29, 1.82) is 0 Å². The quantitative estimate of drug-likeness (QED) is 0.463. The van der Waals surface area contributed by atoms with E-state index in [1.807, 2.05) is 0 Å². The SMILES string of the molecule is Cc1nc(=O)oc(=O)o1. The van der Waals surface area contributed by atoms with Gasteiger partial charge in [-0.3, -0.25) is 0 Å². The van der Waals surface area contributed by atoms with E-state index >= 15 is 0 Å². The van der Waals surface area contributed by atoms with Crippen molar-refractivity contribution < 1.29 is 8.83 Å². The van der Waals surface area contributed by atoms with Crippen LogP contribution in [0.2, 0.25) is 0 Å². The summed E-state index contributed by atoms with van der Waals surface area (Å²) in [5.74, 6) is -1.94. The first-order valence-electron chi connectivity index (χ1n) is 2.17. The van der Waals surface area contributed by atoms with E-state index < -0.39 is 11.6 Å². The summed E-state index contributed by atoms with van der Waals surface area (Å²) in [5.41, 5.74) is 0. The number of hydrogen-bond donors (Lipinski definition) is 0. The predicted molar refractivity (Wildman–Crippen MR) is 26.0 cm³/mol. The topological polar surface area (TPSA) is 73.3 Å². The fraction of sp³-hybridized carbons (Fsp3) is 0.250. The number of hydrogen-bond acceptors (Lipinski definition) is 5. The van der Waals surface area contributed by atoms with Crippen LogP contribution < -0.4 is 11.6 Å². The second-order valence-corrected chi connectivity index (χ2v) is 1.35. The molecule has 1 rings (SSSR count). The average Bonchev–Trinajstić information content (AvgIpc) is 1.59. The van der Waals surface area contributed by atoms with Crippen LogP contribution in [0.15, 0.2) is 18.4 Å².